The van der Waals surface area contributed by atoms with Crippen LogP contribution in [-0.2, 0) is 42.2 Å². The number of aliphatic hydroxyl groups is 1. The fourth-order valence-corrected chi connectivity index (χ4v) is 10.1. The van der Waals surface area contributed by atoms with E-state index in [1.807, 2.05) is 0 Å². The third-order valence-corrected chi connectivity index (χ3v) is 15.1. The average molecular weight is 1070 g/mol. The minimum Gasteiger partial charge on any atom is -0.462 e. The van der Waals surface area contributed by atoms with Crippen molar-refractivity contribution in [1.29, 1.82) is 0 Å². The summed E-state index contributed by atoms with van der Waals surface area (Å²) in [5.41, 5.74) is 0. The highest BCUT2D eigenvalue weighted by Crippen LogP contribution is 2.43. The third kappa shape index (κ3) is 55.0. The number of rotatable bonds is 60. The first-order valence-corrected chi connectivity index (χ1v) is 33.1. The summed E-state index contributed by atoms with van der Waals surface area (Å²) in [6.07, 6.45) is 57.4. The normalized spacial score (nSPS) is 13.3. The summed E-state index contributed by atoms with van der Waals surface area (Å²) >= 11 is 0. The van der Waals surface area contributed by atoms with E-state index in [1.165, 1.54) is 193 Å². The first-order chi connectivity index (χ1) is 36.2. The number of esters is 3. The summed E-state index contributed by atoms with van der Waals surface area (Å²) in [4.78, 5) is 48.6. The predicted molar refractivity (Wildman–Crippen MR) is 307 cm³/mol. The monoisotopic (exact) mass is 1070 g/mol. The van der Waals surface area contributed by atoms with Crippen molar-refractivity contribution >= 4 is 25.7 Å². The summed E-state index contributed by atoms with van der Waals surface area (Å²) in [7, 11) is -4.74. The summed E-state index contributed by atoms with van der Waals surface area (Å²) in [5.74, 6) is -1.44. The molecule has 74 heavy (non-hydrogen) atoms. The first kappa shape index (κ1) is 72.2. The Morgan fingerprint density at radius 2 is 0.622 bits per heavy atom. The van der Waals surface area contributed by atoms with Crippen LogP contribution in [0.25, 0.3) is 0 Å². The van der Waals surface area contributed by atoms with E-state index in [2.05, 4.69) is 32.9 Å². The smallest absolute Gasteiger partial charge is 0.462 e. The average Bonchev–Trinajstić information content (AvgIpc) is 3.39. The van der Waals surface area contributed by atoms with Gasteiger partial charge in [0.05, 0.1) is 19.8 Å². The molecule has 0 amide bonds. The van der Waals surface area contributed by atoms with Gasteiger partial charge in [-0.3, -0.25) is 23.4 Å². The van der Waals surface area contributed by atoms with Gasteiger partial charge in [-0.05, 0) is 44.9 Å². The van der Waals surface area contributed by atoms with E-state index in [-0.39, 0.29) is 25.9 Å². The van der Waals surface area contributed by atoms with Crippen LogP contribution in [0.1, 0.15) is 329 Å². The van der Waals surface area contributed by atoms with E-state index >= 15 is 0 Å². The van der Waals surface area contributed by atoms with E-state index < -0.39 is 57.8 Å². The van der Waals surface area contributed by atoms with Crippen molar-refractivity contribution in [3.63, 3.8) is 0 Å². The second kappa shape index (κ2) is 57.4. The van der Waals surface area contributed by atoms with Gasteiger partial charge in [-0.2, -0.15) is 0 Å². The van der Waals surface area contributed by atoms with Crippen molar-refractivity contribution in [1.82, 2.24) is 0 Å². The van der Waals surface area contributed by atoms with Crippen LogP contribution in [0.2, 0.25) is 0 Å². The third-order valence-electron chi connectivity index (χ3n) is 14.2. The number of carbonyl (C=O) groups excluding carboxylic acids is 3. The van der Waals surface area contributed by atoms with Gasteiger partial charge in [0, 0.05) is 19.3 Å². The topological polar surface area (TPSA) is 155 Å². The quantitative estimate of drug-likeness (QED) is 0.0197. The number of ether oxygens (including phenoxy) is 3. The molecule has 3 atom stereocenters. The lowest BCUT2D eigenvalue weighted by molar-refractivity contribution is -0.161. The molecule has 0 saturated heterocycles. The Bertz CT molecular complexity index is 1290. The number of hydrogen-bond donors (Lipinski definition) is 2. The second-order valence-electron chi connectivity index (χ2n) is 21.6. The largest absolute Gasteiger partial charge is 0.472 e. The van der Waals surface area contributed by atoms with Crippen molar-refractivity contribution in [2.24, 2.45) is 0 Å². The van der Waals surface area contributed by atoms with Crippen molar-refractivity contribution in [2.45, 2.75) is 341 Å². The lowest BCUT2D eigenvalue weighted by atomic mass is 10.0. The Morgan fingerprint density at radius 3 is 0.932 bits per heavy atom. The molecule has 3 unspecified atom stereocenters. The van der Waals surface area contributed by atoms with Gasteiger partial charge in [-0.15, -0.1) is 0 Å². The van der Waals surface area contributed by atoms with Crippen molar-refractivity contribution < 1.29 is 52.2 Å². The maximum atomic E-state index is 12.9. The molecule has 0 aromatic rings. The van der Waals surface area contributed by atoms with Crippen LogP contribution in [0.5, 0.6) is 0 Å². The van der Waals surface area contributed by atoms with Gasteiger partial charge in [-0.25, -0.2) is 4.57 Å². The van der Waals surface area contributed by atoms with Gasteiger partial charge in [0.1, 0.15) is 12.7 Å². The zero-order valence-electron chi connectivity index (χ0n) is 48.6. The number of carbonyl (C=O) groups is 3. The maximum absolute atomic E-state index is 12.9. The van der Waals surface area contributed by atoms with Crippen LogP contribution in [0, 0.1) is 0 Å². The fraction of sp³-hybridized carbons (Fsp3) is 0.919. The molecule has 0 bridgehead atoms. The van der Waals surface area contributed by atoms with Gasteiger partial charge < -0.3 is 24.2 Å². The molecule has 0 fully saturated rings. The summed E-state index contributed by atoms with van der Waals surface area (Å²) in [5, 5.41) is 9.82. The van der Waals surface area contributed by atoms with Crippen LogP contribution in [0.4, 0.5) is 0 Å². The van der Waals surface area contributed by atoms with E-state index in [0.717, 1.165) is 77.0 Å². The van der Waals surface area contributed by atoms with Gasteiger partial charge in [0.25, 0.3) is 0 Å². The molecular weight excluding hydrogens is 952 g/mol. The summed E-state index contributed by atoms with van der Waals surface area (Å²) < 4.78 is 39.6. The number of aliphatic hydroxyl groups excluding tert-OH is 1. The Balaban J connectivity index is 4.64. The molecule has 0 aliphatic carbocycles. The fourth-order valence-electron chi connectivity index (χ4n) is 9.35. The molecule has 12 heteroatoms. The molecule has 0 saturated carbocycles. The molecule has 0 spiro atoms. The Kier molecular flexibility index (Phi) is 56.0. The SMILES string of the molecule is CCCCCCCC/C=C\CCCCCCCC(=O)OC(COC(=O)CCCCCCCCCCCCCCCCCCCCC)COP(=O)(O)OCC(CO)OC(=O)CCCCCCCCCCCCCCC. The van der Waals surface area contributed by atoms with Crippen LogP contribution >= 0.6 is 7.82 Å². The van der Waals surface area contributed by atoms with Gasteiger partial charge in [0.15, 0.2) is 6.10 Å². The molecule has 0 radical (unpaired) electrons. The number of hydrogen-bond acceptors (Lipinski definition) is 10. The molecular formula is C62H119O11P. The van der Waals surface area contributed by atoms with E-state index in [1.54, 1.807) is 0 Å². The standard InChI is InChI=1S/C62H119O11P/c1-4-7-10-13-16-19-22-25-27-28-29-30-32-34-36-39-42-45-48-51-60(64)69-55-59(73-62(66)53-50-47-44-41-38-35-31-26-23-20-17-14-11-8-5-2)57-71-74(67,68)70-56-58(54-63)72-61(65)52-49-46-43-40-37-33-24-21-18-15-12-9-6-3/h26,31,58-59,63H,4-25,27-30,32-57H2,1-3H3,(H,67,68)/b31-26-. The zero-order chi connectivity index (χ0) is 54.1. The zero-order valence-corrected chi connectivity index (χ0v) is 49.5. The number of phosphoric acid groups is 1. The maximum Gasteiger partial charge on any atom is 0.472 e. The molecule has 0 heterocycles. The summed E-state index contributed by atoms with van der Waals surface area (Å²) in [6, 6.07) is 0. The molecule has 438 valence electrons. The molecule has 2 N–H and O–H groups in total. The van der Waals surface area contributed by atoms with Crippen molar-refractivity contribution in [3.05, 3.63) is 12.2 Å². The van der Waals surface area contributed by atoms with E-state index in [0.29, 0.717) is 19.3 Å². The molecule has 11 nitrogen and oxygen atoms in total. The summed E-state index contributed by atoms with van der Waals surface area (Å²) in [6.45, 7) is 4.71. The molecule has 0 aliphatic rings. The molecule has 0 aromatic carbocycles. The first-order valence-electron chi connectivity index (χ1n) is 31.6. The highest BCUT2D eigenvalue weighted by molar-refractivity contribution is 7.47. The highest BCUT2D eigenvalue weighted by atomic mass is 31.2. The van der Waals surface area contributed by atoms with Crippen LogP contribution < -0.4 is 0 Å². The van der Waals surface area contributed by atoms with Crippen molar-refractivity contribution in [2.75, 3.05) is 26.4 Å². The highest BCUT2D eigenvalue weighted by Gasteiger charge is 2.28. The lowest BCUT2D eigenvalue weighted by Crippen LogP contribution is -2.30. The lowest BCUT2D eigenvalue weighted by Gasteiger charge is -2.21. The molecule has 0 rings (SSSR count). The van der Waals surface area contributed by atoms with E-state index in [9.17, 15) is 28.9 Å². The Labute approximate surface area is 456 Å². The van der Waals surface area contributed by atoms with Gasteiger partial charge in [0.2, 0.25) is 0 Å². The van der Waals surface area contributed by atoms with Gasteiger partial charge in [-0.1, -0.05) is 277 Å². The van der Waals surface area contributed by atoms with Crippen molar-refractivity contribution in [3.8, 4) is 0 Å². The Hall–Kier alpha value is -1.78. The number of phosphoric ester groups is 1. The van der Waals surface area contributed by atoms with Crippen LogP contribution in [0.15, 0.2) is 12.2 Å². The van der Waals surface area contributed by atoms with Crippen LogP contribution in [-0.4, -0.2) is 66.5 Å². The van der Waals surface area contributed by atoms with Crippen LogP contribution in [0.3, 0.4) is 0 Å². The molecule has 0 aliphatic heterocycles. The minimum atomic E-state index is -4.74. The number of unbranched alkanes of at least 4 members (excludes halogenated alkanes) is 41. The Morgan fingerprint density at radius 1 is 0.365 bits per heavy atom. The van der Waals surface area contributed by atoms with Gasteiger partial charge >= 0.3 is 25.7 Å². The minimum absolute atomic E-state index is 0.165. The predicted octanol–water partition coefficient (Wildman–Crippen LogP) is 18.8. The second-order valence-corrected chi connectivity index (χ2v) is 23.0. The van der Waals surface area contributed by atoms with E-state index in [4.69, 9.17) is 23.3 Å². The number of allylic oxidation sites excluding steroid dienone is 2. The molecule has 0 aromatic heterocycles.